The van der Waals surface area contributed by atoms with Crippen LogP contribution < -0.4 is 5.32 Å². The number of rotatable bonds is 5. The van der Waals surface area contributed by atoms with Gasteiger partial charge in [-0.15, -0.1) is 11.8 Å². The molecule has 1 aromatic rings. The third-order valence-electron chi connectivity index (χ3n) is 5.87. The smallest absolute Gasteiger partial charge is 0.230 e. The lowest BCUT2D eigenvalue weighted by Crippen LogP contribution is -2.49. The summed E-state index contributed by atoms with van der Waals surface area (Å²) < 4.78 is 0.399. The Morgan fingerprint density at radius 2 is 1.91 bits per heavy atom. The van der Waals surface area contributed by atoms with Crippen LogP contribution in [-0.2, 0) is 4.79 Å². The zero-order chi connectivity index (χ0) is 16.0. The number of nitrogens with one attached hydrogen (secondary N) is 2. The number of nitrogens with zero attached hydrogens (tertiary/aromatic N) is 2. The van der Waals surface area contributed by atoms with Crippen molar-refractivity contribution in [3.63, 3.8) is 0 Å². The number of carbonyl (C=O) groups is 1. The summed E-state index contributed by atoms with van der Waals surface area (Å²) in [7, 11) is 0. The first-order valence-corrected chi connectivity index (χ1v) is 9.82. The summed E-state index contributed by atoms with van der Waals surface area (Å²) in [4.78, 5) is 16.6. The van der Waals surface area contributed by atoms with E-state index in [1.54, 1.807) is 0 Å². The fourth-order valence-electron chi connectivity index (χ4n) is 5.33. The molecule has 4 saturated carbocycles. The maximum Gasteiger partial charge on any atom is 0.230 e. The highest BCUT2D eigenvalue weighted by molar-refractivity contribution is 8.01. The molecule has 126 valence electrons. The van der Waals surface area contributed by atoms with E-state index in [4.69, 9.17) is 0 Å². The molecule has 5 nitrogen and oxygen atoms in total. The largest absolute Gasteiger partial charge is 0.346 e. The number of aryl methyl sites for hydroxylation is 1. The minimum Gasteiger partial charge on any atom is -0.346 e. The highest BCUT2D eigenvalue weighted by Crippen LogP contribution is 2.60. The molecule has 1 heterocycles. The molecule has 1 atom stereocenters. The van der Waals surface area contributed by atoms with Gasteiger partial charge < -0.3 is 5.32 Å². The summed E-state index contributed by atoms with van der Waals surface area (Å²) >= 11 is 1.92. The molecule has 4 aliphatic carbocycles. The molecule has 6 heteroatoms. The Morgan fingerprint density at radius 3 is 2.43 bits per heavy atom. The summed E-state index contributed by atoms with van der Waals surface area (Å²) in [5.41, 5.74) is 0. The van der Waals surface area contributed by atoms with Crippen LogP contribution in [0.3, 0.4) is 0 Å². The first-order chi connectivity index (χ1) is 11.0. The van der Waals surface area contributed by atoms with Gasteiger partial charge in [-0.3, -0.25) is 9.89 Å². The van der Waals surface area contributed by atoms with Gasteiger partial charge in [0.25, 0.3) is 0 Å². The van der Waals surface area contributed by atoms with Crippen LogP contribution in [-0.4, -0.2) is 31.6 Å². The van der Waals surface area contributed by atoms with Crippen molar-refractivity contribution in [1.29, 1.82) is 0 Å². The highest BCUT2D eigenvalue weighted by Gasteiger charge is 2.51. The van der Waals surface area contributed by atoms with Crippen molar-refractivity contribution in [1.82, 2.24) is 20.5 Å². The van der Waals surface area contributed by atoms with Crippen LogP contribution in [0.2, 0.25) is 0 Å². The van der Waals surface area contributed by atoms with Crippen LogP contribution in [0.5, 0.6) is 0 Å². The maximum absolute atomic E-state index is 12.3. The molecule has 4 bridgehead atoms. The fourth-order valence-corrected chi connectivity index (χ4v) is 6.91. The predicted molar refractivity (Wildman–Crippen MR) is 91.0 cm³/mol. The topological polar surface area (TPSA) is 70.7 Å². The average Bonchev–Trinajstić information content (AvgIpc) is 2.91. The molecule has 0 aromatic carbocycles. The zero-order valence-corrected chi connectivity index (χ0v) is 14.8. The Balaban J connectivity index is 1.31. The van der Waals surface area contributed by atoms with E-state index in [1.807, 2.05) is 25.6 Å². The molecule has 0 radical (unpaired) electrons. The standard InChI is InChI=1S/C17H26N4OS/c1-10(16-19-11(2)20-21-16)18-15(22)9-23-17-6-12-3-13(7-17)5-14(4-12)8-17/h10,12-14H,3-9H2,1-2H3,(H,18,22)(H,19,20,21)/t10-,12?,13?,14?,17?/m0/s1. The van der Waals surface area contributed by atoms with E-state index in [-0.39, 0.29) is 11.9 Å². The minimum absolute atomic E-state index is 0.112. The highest BCUT2D eigenvalue weighted by atomic mass is 32.2. The van der Waals surface area contributed by atoms with Crippen LogP contribution in [0.1, 0.15) is 63.1 Å². The predicted octanol–water partition coefficient (Wildman–Crippen LogP) is 2.99. The molecule has 0 spiro atoms. The third-order valence-corrected chi connectivity index (χ3v) is 7.39. The Bertz CT molecular complexity index is 564. The Hall–Kier alpha value is -1.04. The summed E-state index contributed by atoms with van der Waals surface area (Å²) in [6.07, 6.45) is 8.37. The number of aromatic amines is 1. The lowest BCUT2D eigenvalue weighted by molar-refractivity contribution is -0.119. The van der Waals surface area contributed by atoms with E-state index >= 15 is 0 Å². The molecule has 0 aliphatic heterocycles. The molecule has 2 N–H and O–H groups in total. The monoisotopic (exact) mass is 334 g/mol. The number of hydrogen-bond donors (Lipinski definition) is 2. The molecule has 23 heavy (non-hydrogen) atoms. The first kappa shape index (κ1) is 15.5. The average molecular weight is 334 g/mol. The van der Waals surface area contributed by atoms with Gasteiger partial charge in [0.05, 0.1) is 11.8 Å². The van der Waals surface area contributed by atoms with Gasteiger partial charge in [0.15, 0.2) is 5.82 Å². The van der Waals surface area contributed by atoms with E-state index in [0.717, 1.165) is 23.6 Å². The van der Waals surface area contributed by atoms with E-state index < -0.39 is 0 Å². The second kappa shape index (κ2) is 5.80. The Morgan fingerprint density at radius 1 is 1.30 bits per heavy atom. The van der Waals surface area contributed by atoms with Crippen molar-refractivity contribution < 1.29 is 4.79 Å². The lowest BCUT2D eigenvalue weighted by atomic mass is 9.56. The van der Waals surface area contributed by atoms with Crippen LogP contribution in [0.4, 0.5) is 0 Å². The van der Waals surface area contributed by atoms with Crippen molar-refractivity contribution in [3.05, 3.63) is 11.6 Å². The molecule has 1 amide bonds. The number of aromatic nitrogens is 3. The summed E-state index contributed by atoms with van der Waals surface area (Å²) in [5, 5.41) is 9.99. The van der Waals surface area contributed by atoms with Crippen LogP contribution in [0, 0.1) is 24.7 Å². The number of amides is 1. The molecular formula is C17H26N4OS. The molecule has 1 aromatic heterocycles. The molecule has 4 aliphatic rings. The van der Waals surface area contributed by atoms with E-state index in [9.17, 15) is 4.79 Å². The van der Waals surface area contributed by atoms with Gasteiger partial charge in [0, 0.05) is 4.75 Å². The van der Waals surface area contributed by atoms with Crippen LogP contribution >= 0.6 is 11.8 Å². The molecule has 0 unspecified atom stereocenters. The molecule has 0 saturated heterocycles. The second-order valence-electron chi connectivity index (χ2n) is 7.96. The van der Waals surface area contributed by atoms with Crippen LogP contribution in [0.25, 0.3) is 0 Å². The van der Waals surface area contributed by atoms with Gasteiger partial charge in [-0.2, -0.15) is 5.10 Å². The van der Waals surface area contributed by atoms with Gasteiger partial charge in [-0.05, 0) is 70.1 Å². The first-order valence-electron chi connectivity index (χ1n) is 8.83. The lowest BCUT2D eigenvalue weighted by Gasteiger charge is -2.56. The van der Waals surface area contributed by atoms with Gasteiger partial charge >= 0.3 is 0 Å². The van der Waals surface area contributed by atoms with E-state index in [0.29, 0.717) is 16.3 Å². The quantitative estimate of drug-likeness (QED) is 0.868. The number of thioether (sulfide) groups is 1. The van der Waals surface area contributed by atoms with Crippen molar-refractivity contribution in [2.24, 2.45) is 17.8 Å². The van der Waals surface area contributed by atoms with E-state index in [2.05, 4.69) is 20.5 Å². The van der Waals surface area contributed by atoms with E-state index in [1.165, 1.54) is 38.5 Å². The molecular weight excluding hydrogens is 308 g/mol. The third kappa shape index (κ3) is 3.14. The van der Waals surface area contributed by atoms with Crippen molar-refractivity contribution in [2.75, 3.05) is 5.75 Å². The Labute approximate surface area is 141 Å². The van der Waals surface area contributed by atoms with Gasteiger partial charge in [0.2, 0.25) is 5.91 Å². The fraction of sp³-hybridized carbons (Fsp3) is 0.824. The normalized spacial score (nSPS) is 36.2. The Kier molecular flexibility index (Phi) is 3.90. The summed E-state index contributed by atoms with van der Waals surface area (Å²) in [6.45, 7) is 3.81. The zero-order valence-electron chi connectivity index (χ0n) is 14.0. The van der Waals surface area contributed by atoms with Gasteiger partial charge in [0.1, 0.15) is 5.82 Å². The summed E-state index contributed by atoms with van der Waals surface area (Å²) in [6, 6.07) is -0.135. The summed E-state index contributed by atoms with van der Waals surface area (Å²) in [5.74, 6) is 4.94. The number of carbonyl (C=O) groups excluding carboxylic acids is 1. The van der Waals surface area contributed by atoms with Gasteiger partial charge in [-0.1, -0.05) is 0 Å². The molecule has 5 rings (SSSR count). The van der Waals surface area contributed by atoms with Crippen LogP contribution in [0.15, 0.2) is 0 Å². The minimum atomic E-state index is -0.135. The second-order valence-corrected chi connectivity index (χ2v) is 9.40. The number of hydrogen-bond acceptors (Lipinski definition) is 4. The number of H-pyrrole nitrogens is 1. The maximum atomic E-state index is 12.3. The van der Waals surface area contributed by atoms with Crippen molar-refractivity contribution in [3.8, 4) is 0 Å². The molecule has 4 fully saturated rings. The van der Waals surface area contributed by atoms with Crippen molar-refractivity contribution >= 4 is 17.7 Å². The van der Waals surface area contributed by atoms with Gasteiger partial charge in [-0.25, -0.2) is 4.98 Å². The van der Waals surface area contributed by atoms with Crippen molar-refractivity contribution in [2.45, 2.75) is 63.2 Å². The SMILES string of the molecule is Cc1nc([C@H](C)NC(=O)CSC23CC4CC(CC(C4)C2)C3)n[nH]1.